The summed E-state index contributed by atoms with van der Waals surface area (Å²) in [5.41, 5.74) is 2.09. The summed E-state index contributed by atoms with van der Waals surface area (Å²) in [4.78, 5) is 4.97. The van der Waals surface area contributed by atoms with Crippen molar-refractivity contribution >= 4 is 0 Å². The average molecular weight is 429 g/mol. The quantitative estimate of drug-likeness (QED) is 0.589. The van der Waals surface area contributed by atoms with Crippen LogP contribution in [0.5, 0.6) is 0 Å². The first-order chi connectivity index (χ1) is 15.1. The SMILES string of the molecule is CC(C)n1cc(CN(CC2CCN(Cc3ccccc3F)CC2)C[C@@H]2CCCO2)cn1. The van der Waals surface area contributed by atoms with Gasteiger partial charge in [0, 0.05) is 56.2 Å². The lowest BCUT2D eigenvalue weighted by atomic mass is 9.95. The Hall–Kier alpha value is -1.76. The summed E-state index contributed by atoms with van der Waals surface area (Å²) < 4.78 is 22.0. The monoisotopic (exact) mass is 428 g/mol. The first-order valence-electron chi connectivity index (χ1n) is 11.9. The van der Waals surface area contributed by atoms with Crippen molar-refractivity contribution in [3.8, 4) is 0 Å². The molecule has 2 aliphatic rings. The molecule has 1 aromatic carbocycles. The van der Waals surface area contributed by atoms with Gasteiger partial charge in [0.1, 0.15) is 5.82 Å². The molecule has 0 saturated carbocycles. The molecule has 2 saturated heterocycles. The highest BCUT2D eigenvalue weighted by atomic mass is 19.1. The summed E-state index contributed by atoms with van der Waals surface area (Å²) in [6.07, 6.45) is 9.25. The molecular weight excluding hydrogens is 391 g/mol. The van der Waals surface area contributed by atoms with Gasteiger partial charge in [-0.15, -0.1) is 0 Å². The van der Waals surface area contributed by atoms with E-state index in [1.807, 2.05) is 23.0 Å². The smallest absolute Gasteiger partial charge is 0.127 e. The van der Waals surface area contributed by atoms with Crippen molar-refractivity contribution in [1.82, 2.24) is 19.6 Å². The molecule has 1 aromatic heterocycles. The number of likely N-dealkylation sites (tertiary alicyclic amines) is 1. The number of benzene rings is 1. The normalized spacial score (nSPS) is 20.9. The molecule has 0 aliphatic carbocycles. The van der Waals surface area contributed by atoms with E-state index < -0.39 is 0 Å². The van der Waals surface area contributed by atoms with Gasteiger partial charge in [-0.05, 0) is 64.6 Å². The van der Waals surface area contributed by atoms with Crippen molar-refractivity contribution < 1.29 is 9.13 Å². The molecular formula is C25H37FN4O. The van der Waals surface area contributed by atoms with Crippen molar-refractivity contribution in [1.29, 1.82) is 0 Å². The maximum Gasteiger partial charge on any atom is 0.127 e. The molecule has 0 unspecified atom stereocenters. The molecule has 0 amide bonds. The molecule has 2 aliphatic heterocycles. The van der Waals surface area contributed by atoms with Gasteiger partial charge < -0.3 is 4.74 Å². The van der Waals surface area contributed by atoms with Gasteiger partial charge in [0.05, 0.1) is 12.3 Å². The molecule has 2 fully saturated rings. The molecule has 5 nitrogen and oxygen atoms in total. The third-order valence-electron chi connectivity index (χ3n) is 6.65. The third-order valence-corrected chi connectivity index (χ3v) is 6.65. The Morgan fingerprint density at radius 3 is 2.65 bits per heavy atom. The number of nitrogens with zero attached hydrogens (tertiary/aromatic N) is 4. The number of halogens is 1. The van der Waals surface area contributed by atoms with E-state index in [-0.39, 0.29) is 5.82 Å². The van der Waals surface area contributed by atoms with E-state index in [9.17, 15) is 4.39 Å². The van der Waals surface area contributed by atoms with E-state index in [0.717, 1.165) is 44.9 Å². The summed E-state index contributed by atoms with van der Waals surface area (Å²) in [5, 5.41) is 4.53. The number of ether oxygens (including phenoxy) is 1. The highest BCUT2D eigenvalue weighted by Crippen LogP contribution is 2.23. The predicted octanol–water partition coefficient (Wildman–Crippen LogP) is 4.50. The van der Waals surface area contributed by atoms with Crippen LogP contribution in [-0.2, 0) is 17.8 Å². The van der Waals surface area contributed by atoms with Crippen LogP contribution in [0.4, 0.5) is 4.39 Å². The van der Waals surface area contributed by atoms with Gasteiger partial charge in [-0.2, -0.15) is 5.10 Å². The number of piperidine rings is 1. The van der Waals surface area contributed by atoms with Crippen LogP contribution in [-0.4, -0.2) is 58.5 Å². The Morgan fingerprint density at radius 2 is 1.97 bits per heavy atom. The lowest BCUT2D eigenvalue weighted by molar-refractivity contribution is 0.0569. The fourth-order valence-corrected chi connectivity index (χ4v) is 4.84. The fraction of sp³-hybridized carbons (Fsp3) is 0.640. The van der Waals surface area contributed by atoms with E-state index in [0.29, 0.717) is 24.6 Å². The standard InChI is InChI=1S/C25H37FN4O/c1-20(2)30-17-22(14-27-30)16-29(19-24-7-5-13-31-24)15-21-9-11-28(12-10-21)18-23-6-3-4-8-25(23)26/h3-4,6,8,14,17,20-21,24H,5,7,9-13,15-16,18-19H2,1-2H3/t24-/m0/s1. The first-order valence-corrected chi connectivity index (χ1v) is 11.9. The Labute approximate surface area is 186 Å². The van der Waals surface area contributed by atoms with Gasteiger partial charge in [0.15, 0.2) is 0 Å². The zero-order valence-electron chi connectivity index (χ0n) is 19.0. The highest BCUT2D eigenvalue weighted by molar-refractivity contribution is 5.17. The molecule has 4 rings (SSSR count). The first kappa shape index (κ1) is 22.4. The Morgan fingerprint density at radius 1 is 1.16 bits per heavy atom. The van der Waals surface area contributed by atoms with E-state index in [2.05, 4.69) is 34.9 Å². The van der Waals surface area contributed by atoms with Crippen LogP contribution in [0.25, 0.3) is 0 Å². The summed E-state index contributed by atoms with van der Waals surface area (Å²) >= 11 is 0. The summed E-state index contributed by atoms with van der Waals surface area (Å²) in [6, 6.07) is 7.54. The Bertz CT molecular complexity index is 809. The van der Waals surface area contributed by atoms with Gasteiger partial charge in [-0.3, -0.25) is 14.5 Å². The predicted molar refractivity (Wildman–Crippen MR) is 121 cm³/mol. The second-order valence-corrected chi connectivity index (χ2v) is 9.56. The number of hydrogen-bond donors (Lipinski definition) is 0. The van der Waals surface area contributed by atoms with Gasteiger partial charge in [0.25, 0.3) is 0 Å². The van der Waals surface area contributed by atoms with Crippen molar-refractivity contribution in [3.63, 3.8) is 0 Å². The Balaban J connectivity index is 1.31. The van der Waals surface area contributed by atoms with Crippen LogP contribution in [0, 0.1) is 11.7 Å². The lowest BCUT2D eigenvalue weighted by Gasteiger charge is -2.35. The number of hydrogen-bond acceptors (Lipinski definition) is 4. The van der Waals surface area contributed by atoms with Crippen LogP contribution >= 0.6 is 0 Å². The molecule has 1 atom stereocenters. The van der Waals surface area contributed by atoms with Crippen molar-refractivity contribution in [2.24, 2.45) is 5.92 Å². The molecule has 0 spiro atoms. The number of aromatic nitrogens is 2. The summed E-state index contributed by atoms with van der Waals surface area (Å²) in [6.45, 7) is 11.1. The van der Waals surface area contributed by atoms with Gasteiger partial charge >= 0.3 is 0 Å². The number of rotatable bonds is 9. The largest absolute Gasteiger partial charge is 0.377 e. The van der Waals surface area contributed by atoms with Gasteiger partial charge in [-0.1, -0.05) is 18.2 Å². The molecule has 6 heteroatoms. The molecule has 31 heavy (non-hydrogen) atoms. The van der Waals surface area contributed by atoms with Crippen LogP contribution in [0.2, 0.25) is 0 Å². The zero-order valence-corrected chi connectivity index (χ0v) is 19.0. The zero-order chi connectivity index (χ0) is 21.6. The second-order valence-electron chi connectivity index (χ2n) is 9.56. The molecule has 3 heterocycles. The minimum absolute atomic E-state index is 0.0886. The fourth-order valence-electron chi connectivity index (χ4n) is 4.84. The van der Waals surface area contributed by atoms with E-state index in [1.165, 1.54) is 31.2 Å². The van der Waals surface area contributed by atoms with E-state index in [4.69, 9.17) is 4.74 Å². The van der Waals surface area contributed by atoms with Crippen LogP contribution < -0.4 is 0 Å². The van der Waals surface area contributed by atoms with Crippen LogP contribution in [0.15, 0.2) is 36.7 Å². The molecule has 0 N–H and O–H groups in total. The van der Waals surface area contributed by atoms with Gasteiger partial charge in [-0.25, -0.2) is 4.39 Å². The van der Waals surface area contributed by atoms with Crippen molar-refractivity contribution in [2.75, 3.05) is 32.8 Å². The van der Waals surface area contributed by atoms with E-state index in [1.54, 1.807) is 12.1 Å². The van der Waals surface area contributed by atoms with Crippen molar-refractivity contribution in [3.05, 3.63) is 53.6 Å². The maximum absolute atomic E-state index is 14.0. The van der Waals surface area contributed by atoms with Crippen LogP contribution in [0.1, 0.15) is 56.7 Å². The van der Waals surface area contributed by atoms with Crippen molar-refractivity contribution in [2.45, 2.75) is 64.8 Å². The van der Waals surface area contributed by atoms with E-state index >= 15 is 0 Å². The maximum atomic E-state index is 14.0. The molecule has 0 radical (unpaired) electrons. The minimum atomic E-state index is -0.0886. The molecule has 0 bridgehead atoms. The minimum Gasteiger partial charge on any atom is -0.377 e. The average Bonchev–Trinajstić information content (AvgIpc) is 3.43. The molecule has 170 valence electrons. The lowest BCUT2D eigenvalue weighted by Crippen LogP contribution is -2.40. The molecule has 2 aromatic rings. The van der Waals surface area contributed by atoms with Crippen LogP contribution in [0.3, 0.4) is 0 Å². The summed E-state index contributed by atoms with van der Waals surface area (Å²) in [7, 11) is 0. The summed E-state index contributed by atoms with van der Waals surface area (Å²) in [5.74, 6) is 0.590. The second kappa shape index (κ2) is 10.7. The third kappa shape index (κ3) is 6.37. The topological polar surface area (TPSA) is 33.5 Å². The highest BCUT2D eigenvalue weighted by Gasteiger charge is 2.25. The Kier molecular flexibility index (Phi) is 7.75. The van der Waals surface area contributed by atoms with Gasteiger partial charge in [0.2, 0.25) is 0 Å².